The Hall–Kier alpha value is -7.78. The first-order valence-electron chi connectivity index (χ1n) is 21.4. The highest BCUT2D eigenvalue weighted by atomic mass is 28.3. The lowest BCUT2D eigenvalue weighted by molar-refractivity contribution is 1.29. The van der Waals surface area contributed by atoms with Crippen LogP contribution in [-0.4, -0.2) is 8.07 Å². The lowest BCUT2D eigenvalue weighted by Crippen LogP contribution is -2.72. The Morgan fingerprint density at radius 3 is 1.24 bits per heavy atom. The monoisotopic (exact) mass is 805 g/mol. The van der Waals surface area contributed by atoms with E-state index >= 15 is 0 Å². The first kappa shape index (κ1) is 37.2. The molecule has 1 nitrogen and oxygen atoms in total. The molecule has 0 fully saturated rings. The van der Waals surface area contributed by atoms with Crippen LogP contribution in [0.3, 0.4) is 0 Å². The van der Waals surface area contributed by atoms with Crippen molar-refractivity contribution in [1.82, 2.24) is 0 Å². The van der Waals surface area contributed by atoms with Gasteiger partial charge < -0.3 is 4.90 Å². The quantitative estimate of drug-likeness (QED) is 0.131. The third kappa shape index (κ3) is 6.41. The molecule has 0 radical (unpaired) electrons. The molecular weight excluding hydrogens is 763 g/mol. The van der Waals surface area contributed by atoms with Crippen molar-refractivity contribution in [3.8, 4) is 55.6 Å². The number of hydrogen-bond acceptors (Lipinski definition) is 1. The Labute approximate surface area is 365 Å². The molecule has 1 aliphatic heterocycles. The minimum atomic E-state index is -2.74. The van der Waals surface area contributed by atoms with E-state index < -0.39 is 8.07 Å². The normalized spacial score (nSPS) is 12.3. The number of hydrogen-bond donors (Lipinski definition) is 0. The van der Waals surface area contributed by atoms with Crippen LogP contribution in [0.5, 0.6) is 0 Å². The summed E-state index contributed by atoms with van der Waals surface area (Å²) in [5.41, 5.74) is 15.5. The number of rotatable bonds is 9. The molecular formula is C60H43NSi. The number of anilines is 3. The zero-order valence-electron chi connectivity index (χ0n) is 34.3. The molecule has 292 valence electrons. The van der Waals surface area contributed by atoms with E-state index in [4.69, 9.17) is 0 Å². The van der Waals surface area contributed by atoms with E-state index in [1.807, 2.05) is 0 Å². The van der Waals surface area contributed by atoms with Crippen LogP contribution < -0.4 is 25.6 Å². The maximum Gasteiger partial charge on any atom is 0.180 e. The Morgan fingerprint density at radius 2 is 0.677 bits per heavy atom. The largest absolute Gasteiger partial charge is 0.309 e. The standard InChI is InChI=1S/C60H43NSi/c1-6-19-44(20-7-1)46-33-35-47(36-34-46)48-37-40-51(41-38-48)61(56-42-39-50(45-21-8-2-9-22-45)43-55(56)49-23-10-3-11-24-49)57-30-18-32-59-60(57)54-29-16-17-31-58(54)62(59,52-25-12-4-13-26-52)53-27-14-5-15-28-53/h1-43H. The van der Waals surface area contributed by atoms with E-state index in [-0.39, 0.29) is 0 Å². The van der Waals surface area contributed by atoms with Crippen molar-refractivity contribution in [2.24, 2.45) is 0 Å². The molecule has 0 N–H and O–H groups in total. The van der Waals surface area contributed by atoms with Gasteiger partial charge in [0.2, 0.25) is 0 Å². The van der Waals surface area contributed by atoms with Crippen molar-refractivity contribution in [3.63, 3.8) is 0 Å². The van der Waals surface area contributed by atoms with Crippen molar-refractivity contribution in [2.45, 2.75) is 0 Å². The maximum absolute atomic E-state index is 2.74. The summed E-state index contributed by atoms with van der Waals surface area (Å²) in [6.45, 7) is 0. The van der Waals surface area contributed by atoms with Gasteiger partial charge in [0.05, 0.1) is 11.4 Å². The van der Waals surface area contributed by atoms with E-state index in [0.29, 0.717) is 0 Å². The predicted octanol–water partition coefficient (Wildman–Crippen LogP) is 13.2. The molecule has 0 bridgehead atoms. The van der Waals surface area contributed by atoms with Gasteiger partial charge in [0.1, 0.15) is 0 Å². The average Bonchev–Trinajstić information content (AvgIpc) is 3.67. The van der Waals surface area contributed by atoms with Crippen LogP contribution in [0.15, 0.2) is 261 Å². The Kier molecular flexibility index (Phi) is 9.61. The number of fused-ring (bicyclic) bond motifs is 3. The van der Waals surface area contributed by atoms with Crippen LogP contribution in [-0.2, 0) is 0 Å². The Bertz CT molecular complexity index is 3090. The zero-order valence-corrected chi connectivity index (χ0v) is 35.3. The van der Waals surface area contributed by atoms with Gasteiger partial charge in [0, 0.05) is 16.8 Å². The highest BCUT2D eigenvalue weighted by Crippen LogP contribution is 2.47. The van der Waals surface area contributed by atoms with Crippen LogP contribution in [0, 0.1) is 0 Å². The second-order valence-electron chi connectivity index (χ2n) is 16.0. The first-order valence-corrected chi connectivity index (χ1v) is 23.4. The second-order valence-corrected chi connectivity index (χ2v) is 19.7. The van der Waals surface area contributed by atoms with Crippen molar-refractivity contribution in [1.29, 1.82) is 0 Å². The fraction of sp³-hybridized carbons (Fsp3) is 0. The maximum atomic E-state index is 2.52. The summed E-state index contributed by atoms with van der Waals surface area (Å²) >= 11 is 0. The zero-order chi connectivity index (χ0) is 41.3. The minimum absolute atomic E-state index is 1.10. The summed E-state index contributed by atoms with van der Waals surface area (Å²) in [4.78, 5) is 2.52. The molecule has 10 aromatic carbocycles. The highest BCUT2D eigenvalue weighted by Gasteiger charge is 2.49. The van der Waals surface area contributed by atoms with Gasteiger partial charge in [-0.3, -0.25) is 0 Å². The van der Waals surface area contributed by atoms with Gasteiger partial charge in [-0.25, -0.2) is 0 Å². The lowest BCUT2D eigenvalue weighted by atomic mass is 9.95. The predicted molar refractivity (Wildman–Crippen MR) is 265 cm³/mol. The molecule has 0 spiro atoms. The summed E-state index contributed by atoms with van der Waals surface area (Å²) in [7, 11) is -2.74. The van der Waals surface area contributed by atoms with Crippen molar-refractivity contribution in [2.75, 3.05) is 4.90 Å². The fourth-order valence-electron chi connectivity index (χ4n) is 9.75. The highest BCUT2D eigenvalue weighted by molar-refractivity contribution is 7.22. The summed E-state index contributed by atoms with van der Waals surface area (Å²) in [5.74, 6) is 0. The Balaban J connectivity index is 1.15. The number of nitrogens with zero attached hydrogens (tertiary/aromatic N) is 1. The third-order valence-electron chi connectivity index (χ3n) is 12.6. The average molecular weight is 806 g/mol. The van der Waals surface area contributed by atoms with Crippen LogP contribution in [0.25, 0.3) is 55.6 Å². The molecule has 1 aliphatic rings. The number of benzene rings is 10. The molecule has 0 atom stereocenters. The smallest absolute Gasteiger partial charge is 0.180 e. The van der Waals surface area contributed by atoms with Gasteiger partial charge in [-0.15, -0.1) is 0 Å². The van der Waals surface area contributed by atoms with E-state index in [1.54, 1.807) is 0 Å². The summed E-state index contributed by atoms with van der Waals surface area (Å²) in [5, 5.41) is 5.62. The summed E-state index contributed by atoms with van der Waals surface area (Å²) in [6.07, 6.45) is 0. The van der Waals surface area contributed by atoms with Crippen LogP contribution in [0.4, 0.5) is 17.1 Å². The van der Waals surface area contributed by atoms with E-state index in [0.717, 1.165) is 11.4 Å². The first-order chi connectivity index (χ1) is 30.8. The molecule has 0 unspecified atom stereocenters. The third-order valence-corrected chi connectivity index (χ3v) is 17.4. The SMILES string of the molecule is c1ccc(-c2ccc(-c3ccc(N(c4ccc(-c5ccccc5)cc4-c4ccccc4)c4cccc5c4-c4ccccc4[Si]5(c4ccccc4)c4ccccc4)cc3)cc2)cc1. The molecule has 0 amide bonds. The lowest BCUT2D eigenvalue weighted by Gasteiger charge is -2.33. The van der Waals surface area contributed by atoms with Gasteiger partial charge in [-0.1, -0.05) is 231 Å². The van der Waals surface area contributed by atoms with Gasteiger partial charge in [0.15, 0.2) is 8.07 Å². The molecule has 2 heteroatoms. The van der Waals surface area contributed by atoms with Gasteiger partial charge in [-0.2, -0.15) is 0 Å². The second kappa shape index (κ2) is 16.0. The van der Waals surface area contributed by atoms with Crippen LogP contribution >= 0.6 is 0 Å². The minimum Gasteiger partial charge on any atom is -0.309 e. The van der Waals surface area contributed by atoms with Crippen LogP contribution in [0.1, 0.15) is 0 Å². The fourth-order valence-corrected chi connectivity index (χ4v) is 14.9. The van der Waals surface area contributed by atoms with E-state index in [1.165, 1.54) is 82.1 Å². The van der Waals surface area contributed by atoms with Gasteiger partial charge in [0.25, 0.3) is 0 Å². The molecule has 0 saturated carbocycles. The van der Waals surface area contributed by atoms with E-state index in [2.05, 4.69) is 266 Å². The Morgan fingerprint density at radius 1 is 0.258 bits per heavy atom. The van der Waals surface area contributed by atoms with Gasteiger partial charge in [-0.05, 0) is 95.6 Å². The molecule has 11 rings (SSSR count). The van der Waals surface area contributed by atoms with Crippen molar-refractivity contribution >= 4 is 45.9 Å². The molecule has 10 aromatic rings. The van der Waals surface area contributed by atoms with Crippen molar-refractivity contribution < 1.29 is 0 Å². The van der Waals surface area contributed by atoms with Gasteiger partial charge >= 0.3 is 0 Å². The summed E-state index contributed by atoms with van der Waals surface area (Å²) < 4.78 is 0. The van der Waals surface area contributed by atoms with Crippen molar-refractivity contribution in [3.05, 3.63) is 261 Å². The molecule has 62 heavy (non-hydrogen) atoms. The van der Waals surface area contributed by atoms with E-state index in [9.17, 15) is 0 Å². The van der Waals surface area contributed by atoms with Crippen LogP contribution in [0.2, 0.25) is 0 Å². The molecule has 0 saturated heterocycles. The molecule has 1 heterocycles. The molecule has 0 aliphatic carbocycles. The summed E-state index contributed by atoms with van der Waals surface area (Å²) in [6, 6.07) is 96.1. The topological polar surface area (TPSA) is 3.24 Å². The molecule has 0 aromatic heterocycles.